The Morgan fingerprint density at radius 1 is 1.10 bits per heavy atom. The minimum absolute atomic E-state index is 0.160. The van der Waals surface area contributed by atoms with Gasteiger partial charge in [0.1, 0.15) is 5.75 Å². The largest absolute Gasteiger partial charge is 0.496 e. The van der Waals surface area contributed by atoms with Gasteiger partial charge in [-0.25, -0.2) is 13.2 Å². The van der Waals surface area contributed by atoms with E-state index in [4.69, 9.17) is 4.74 Å². The van der Waals surface area contributed by atoms with Crippen LogP contribution in [0.15, 0.2) is 30.3 Å². The molecule has 21 heavy (non-hydrogen) atoms. The molecule has 0 aliphatic heterocycles. The van der Waals surface area contributed by atoms with E-state index in [1.165, 1.54) is 7.11 Å². The van der Waals surface area contributed by atoms with Crippen LogP contribution in [0.3, 0.4) is 0 Å². The highest BCUT2D eigenvalue weighted by atomic mass is 19.2. The number of benzene rings is 2. The molecule has 0 fully saturated rings. The Labute approximate surface area is 120 Å². The molecule has 0 aliphatic carbocycles. The van der Waals surface area contributed by atoms with Crippen molar-refractivity contribution in [3.8, 4) is 5.75 Å². The molecular formula is C16H13F3O2. The molecule has 5 heteroatoms. The number of halogens is 3. The van der Waals surface area contributed by atoms with E-state index in [-0.39, 0.29) is 6.42 Å². The van der Waals surface area contributed by atoms with Crippen LogP contribution in [0.5, 0.6) is 5.75 Å². The van der Waals surface area contributed by atoms with Gasteiger partial charge in [0.25, 0.3) is 0 Å². The van der Waals surface area contributed by atoms with Crippen molar-refractivity contribution in [2.45, 2.75) is 13.3 Å². The molecule has 0 saturated carbocycles. The number of ketones is 1. The van der Waals surface area contributed by atoms with E-state index in [0.29, 0.717) is 11.3 Å². The summed E-state index contributed by atoms with van der Waals surface area (Å²) in [7, 11) is 1.46. The van der Waals surface area contributed by atoms with Crippen LogP contribution in [0.1, 0.15) is 21.5 Å². The summed E-state index contributed by atoms with van der Waals surface area (Å²) in [6, 6.07) is 6.91. The molecule has 2 rings (SSSR count). The second-order valence-electron chi connectivity index (χ2n) is 4.64. The zero-order valence-corrected chi connectivity index (χ0v) is 11.5. The highest BCUT2D eigenvalue weighted by Crippen LogP contribution is 2.23. The zero-order valence-electron chi connectivity index (χ0n) is 11.5. The third-order valence-electron chi connectivity index (χ3n) is 3.12. The summed E-state index contributed by atoms with van der Waals surface area (Å²) in [5.41, 5.74) is 0.994. The van der Waals surface area contributed by atoms with Gasteiger partial charge in [-0.2, -0.15) is 0 Å². The second-order valence-corrected chi connectivity index (χ2v) is 4.64. The van der Waals surface area contributed by atoms with Gasteiger partial charge in [0.2, 0.25) is 0 Å². The van der Waals surface area contributed by atoms with Crippen LogP contribution in [0, 0.1) is 24.4 Å². The minimum atomic E-state index is -1.64. The lowest BCUT2D eigenvalue weighted by Gasteiger charge is -2.09. The van der Waals surface area contributed by atoms with Crippen molar-refractivity contribution in [3.05, 3.63) is 64.5 Å². The van der Waals surface area contributed by atoms with E-state index in [1.54, 1.807) is 12.1 Å². The van der Waals surface area contributed by atoms with Crippen molar-refractivity contribution < 1.29 is 22.7 Å². The fraction of sp³-hybridized carbons (Fsp3) is 0.188. The van der Waals surface area contributed by atoms with Crippen LogP contribution in [0.25, 0.3) is 0 Å². The number of carbonyl (C=O) groups is 1. The smallest absolute Gasteiger partial charge is 0.195 e. The Kier molecular flexibility index (Phi) is 4.31. The van der Waals surface area contributed by atoms with Gasteiger partial charge in [-0.3, -0.25) is 4.79 Å². The standard InChI is InChI=1S/C16H13F3O2/c1-9-3-6-14(21-2)10(7-9)8-13(20)11-4-5-12(17)16(19)15(11)18/h3-7H,8H2,1-2H3. The molecule has 0 aromatic heterocycles. The maximum absolute atomic E-state index is 13.6. The fourth-order valence-corrected chi connectivity index (χ4v) is 2.05. The first-order valence-corrected chi connectivity index (χ1v) is 6.24. The van der Waals surface area contributed by atoms with Crippen molar-refractivity contribution in [2.24, 2.45) is 0 Å². The van der Waals surface area contributed by atoms with Crippen molar-refractivity contribution in [2.75, 3.05) is 7.11 Å². The van der Waals surface area contributed by atoms with Crippen LogP contribution < -0.4 is 4.74 Å². The van der Waals surface area contributed by atoms with Gasteiger partial charge >= 0.3 is 0 Å². The monoisotopic (exact) mass is 294 g/mol. The highest BCUT2D eigenvalue weighted by Gasteiger charge is 2.20. The molecule has 2 aromatic rings. The van der Waals surface area contributed by atoms with E-state index < -0.39 is 28.8 Å². The number of methoxy groups -OCH3 is 1. The number of ether oxygens (including phenoxy) is 1. The summed E-state index contributed by atoms with van der Waals surface area (Å²) in [6.45, 7) is 1.84. The van der Waals surface area contributed by atoms with Crippen molar-refractivity contribution in [1.82, 2.24) is 0 Å². The lowest BCUT2D eigenvalue weighted by atomic mass is 10.00. The number of aryl methyl sites for hydroxylation is 1. The summed E-state index contributed by atoms with van der Waals surface area (Å²) < 4.78 is 44.8. The van der Waals surface area contributed by atoms with Crippen molar-refractivity contribution in [3.63, 3.8) is 0 Å². The average molecular weight is 294 g/mol. The van der Waals surface area contributed by atoms with E-state index in [9.17, 15) is 18.0 Å². The number of carbonyl (C=O) groups excluding carboxylic acids is 1. The van der Waals surface area contributed by atoms with Crippen LogP contribution in [0.4, 0.5) is 13.2 Å². The molecule has 0 unspecified atom stereocenters. The van der Waals surface area contributed by atoms with Gasteiger partial charge in [-0.15, -0.1) is 0 Å². The number of Topliss-reactive ketones (excluding diaryl/α,β-unsaturated/α-hetero) is 1. The molecule has 0 N–H and O–H groups in total. The first kappa shape index (κ1) is 15.1. The molecule has 0 saturated heterocycles. The molecule has 0 atom stereocenters. The van der Waals surface area contributed by atoms with Gasteiger partial charge < -0.3 is 4.74 Å². The Morgan fingerprint density at radius 2 is 1.81 bits per heavy atom. The molecule has 110 valence electrons. The summed E-state index contributed by atoms with van der Waals surface area (Å²) in [5.74, 6) is -4.59. The fourth-order valence-electron chi connectivity index (χ4n) is 2.05. The van der Waals surface area contributed by atoms with Crippen molar-refractivity contribution in [1.29, 1.82) is 0 Å². The lowest BCUT2D eigenvalue weighted by Crippen LogP contribution is -2.09. The third kappa shape index (κ3) is 3.07. The van der Waals surface area contributed by atoms with Gasteiger partial charge in [-0.1, -0.05) is 17.7 Å². The summed E-state index contributed by atoms with van der Waals surface area (Å²) in [4.78, 5) is 12.1. The molecule has 0 spiro atoms. The molecule has 0 amide bonds. The number of hydrogen-bond donors (Lipinski definition) is 0. The number of hydrogen-bond acceptors (Lipinski definition) is 2. The maximum Gasteiger partial charge on any atom is 0.195 e. The maximum atomic E-state index is 13.6. The van der Waals surface area contributed by atoms with Crippen LogP contribution in [-0.4, -0.2) is 12.9 Å². The average Bonchev–Trinajstić information content (AvgIpc) is 2.45. The van der Waals surface area contributed by atoms with Gasteiger partial charge in [-0.05, 0) is 25.1 Å². The molecular weight excluding hydrogens is 281 g/mol. The quantitative estimate of drug-likeness (QED) is 0.632. The molecule has 0 radical (unpaired) electrons. The van der Waals surface area contributed by atoms with E-state index in [0.717, 1.165) is 17.7 Å². The van der Waals surface area contributed by atoms with Crippen LogP contribution in [-0.2, 0) is 6.42 Å². The summed E-state index contributed by atoms with van der Waals surface area (Å²) in [5, 5.41) is 0. The Morgan fingerprint density at radius 3 is 2.48 bits per heavy atom. The molecule has 2 aromatic carbocycles. The predicted octanol–water partition coefficient (Wildman–Crippen LogP) is 3.85. The lowest BCUT2D eigenvalue weighted by molar-refractivity contribution is 0.0987. The van der Waals surface area contributed by atoms with E-state index >= 15 is 0 Å². The highest BCUT2D eigenvalue weighted by molar-refractivity contribution is 5.98. The normalized spacial score (nSPS) is 10.5. The molecule has 2 nitrogen and oxygen atoms in total. The first-order chi connectivity index (χ1) is 9.93. The van der Waals surface area contributed by atoms with Crippen molar-refractivity contribution >= 4 is 5.78 Å². The first-order valence-electron chi connectivity index (χ1n) is 6.24. The van der Waals surface area contributed by atoms with E-state index in [1.807, 2.05) is 13.0 Å². The Bertz CT molecular complexity index is 696. The summed E-state index contributed by atoms with van der Waals surface area (Å²) >= 11 is 0. The van der Waals surface area contributed by atoms with Gasteiger partial charge in [0.05, 0.1) is 12.7 Å². The minimum Gasteiger partial charge on any atom is -0.496 e. The van der Waals surface area contributed by atoms with Gasteiger partial charge in [0, 0.05) is 12.0 Å². The third-order valence-corrected chi connectivity index (χ3v) is 3.12. The Hall–Kier alpha value is -2.30. The zero-order chi connectivity index (χ0) is 15.6. The Balaban J connectivity index is 2.35. The van der Waals surface area contributed by atoms with Crippen LogP contribution in [0.2, 0.25) is 0 Å². The van der Waals surface area contributed by atoms with Crippen LogP contribution >= 0.6 is 0 Å². The topological polar surface area (TPSA) is 26.3 Å². The predicted molar refractivity (Wildman–Crippen MR) is 72.1 cm³/mol. The molecule has 0 aliphatic rings. The molecule has 0 heterocycles. The second kappa shape index (κ2) is 5.99. The summed E-state index contributed by atoms with van der Waals surface area (Å²) in [6.07, 6.45) is -0.160. The van der Waals surface area contributed by atoms with E-state index in [2.05, 4.69) is 0 Å². The number of rotatable bonds is 4. The molecule has 0 bridgehead atoms. The van der Waals surface area contributed by atoms with Gasteiger partial charge in [0.15, 0.2) is 23.2 Å². The SMILES string of the molecule is COc1ccc(C)cc1CC(=O)c1ccc(F)c(F)c1F.